The summed E-state index contributed by atoms with van der Waals surface area (Å²) in [6, 6.07) is 13.1. The molecule has 0 aliphatic rings. The Morgan fingerprint density at radius 1 is 0.870 bits per heavy atom. The summed E-state index contributed by atoms with van der Waals surface area (Å²) in [5, 5.41) is 31.2. The van der Waals surface area contributed by atoms with Crippen molar-refractivity contribution < 1.29 is 15.3 Å². The molecule has 0 aliphatic heterocycles. The molecule has 0 fully saturated rings. The molecule has 4 nitrogen and oxygen atoms in total. The van der Waals surface area contributed by atoms with Crippen LogP contribution in [0.25, 0.3) is 0 Å². The maximum atomic E-state index is 9.73. The molecule has 23 heavy (non-hydrogen) atoms. The number of rotatable bonds is 4. The highest BCUT2D eigenvalue weighted by molar-refractivity contribution is 5.41. The third-order valence-electron chi connectivity index (χ3n) is 3.32. The van der Waals surface area contributed by atoms with E-state index in [0.29, 0.717) is 18.2 Å². The van der Waals surface area contributed by atoms with E-state index in [0.717, 1.165) is 0 Å². The lowest BCUT2D eigenvalue weighted by Gasteiger charge is -2.14. The lowest BCUT2D eigenvalue weighted by Crippen LogP contribution is -2.27. The Morgan fingerprint density at radius 2 is 1.39 bits per heavy atom. The van der Waals surface area contributed by atoms with Crippen LogP contribution in [0.2, 0.25) is 0 Å². The van der Waals surface area contributed by atoms with Crippen LogP contribution in [0, 0.1) is 13.8 Å². The number of aryl methyl sites for hydroxylation is 2. The minimum absolute atomic E-state index is 0.178. The number of aliphatic hydroxyl groups is 1. The van der Waals surface area contributed by atoms with Crippen molar-refractivity contribution in [3.8, 4) is 11.5 Å². The third kappa shape index (κ3) is 7.17. The van der Waals surface area contributed by atoms with Gasteiger partial charge in [-0.2, -0.15) is 0 Å². The van der Waals surface area contributed by atoms with Gasteiger partial charge >= 0.3 is 0 Å². The molecule has 2 aromatic carbocycles. The lowest BCUT2D eigenvalue weighted by atomic mass is 10.1. The lowest BCUT2D eigenvalue weighted by molar-refractivity contribution is 0.171. The highest BCUT2D eigenvalue weighted by atomic mass is 16.3. The van der Waals surface area contributed by atoms with E-state index >= 15 is 0 Å². The van der Waals surface area contributed by atoms with E-state index in [2.05, 4.69) is 43.4 Å². The van der Waals surface area contributed by atoms with Crippen molar-refractivity contribution in [3.63, 3.8) is 0 Å². The van der Waals surface area contributed by atoms with Crippen LogP contribution in [0.5, 0.6) is 11.5 Å². The van der Waals surface area contributed by atoms with Crippen molar-refractivity contribution in [2.24, 2.45) is 0 Å². The minimum Gasteiger partial charge on any atom is -0.504 e. The second kappa shape index (κ2) is 9.18. The molecule has 2 rings (SSSR count). The Balaban J connectivity index is 0.000000277. The highest BCUT2D eigenvalue weighted by Gasteiger charge is 2.10. The van der Waals surface area contributed by atoms with E-state index < -0.39 is 6.10 Å². The second-order valence-electron chi connectivity index (χ2n) is 5.98. The van der Waals surface area contributed by atoms with E-state index in [4.69, 9.17) is 5.11 Å². The first-order valence-electron chi connectivity index (χ1n) is 7.76. The van der Waals surface area contributed by atoms with Gasteiger partial charge in [-0.05, 0) is 31.5 Å². The van der Waals surface area contributed by atoms with E-state index in [1.165, 1.54) is 23.3 Å². The van der Waals surface area contributed by atoms with Crippen LogP contribution in [0.4, 0.5) is 0 Å². The summed E-state index contributed by atoms with van der Waals surface area (Å²) in [5.74, 6) is -0.390. The summed E-state index contributed by atoms with van der Waals surface area (Å²) >= 11 is 0. The average Bonchev–Trinajstić information content (AvgIpc) is 2.51. The predicted molar refractivity (Wildman–Crippen MR) is 93.8 cm³/mol. The molecule has 0 bridgehead atoms. The third-order valence-corrected chi connectivity index (χ3v) is 3.32. The van der Waals surface area contributed by atoms with Crippen LogP contribution in [-0.2, 0) is 0 Å². The van der Waals surface area contributed by atoms with Crippen LogP contribution in [0.15, 0.2) is 42.5 Å². The Labute approximate surface area is 138 Å². The fourth-order valence-corrected chi connectivity index (χ4v) is 1.85. The zero-order valence-electron chi connectivity index (χ0n) is 14.2. The molecule has 0 aliphatic carbocycles. The van der Waals surface area contributed by atoms with Crippen molar-refractivity contribution in [2.75, 3.05) is 6.54 Å². The van der Waals surface area contributed by atoms with Gasteiger partial charge in [0, 0.05) is 12.6 Å². The van der Waals surface area contributed by atoms with Crippen molar-refractivity contribution in [2.45, 2.75) is 39.8 Å². The number of phenolic OH excluding ortho intramolecular Hbond substituents is 2. The van der Waals surface area contributed by atoms with E-state index in [1.54, 1.807) is 6.07 Å². The zero-order valence-corrected chi connectivity index (χ0v) is 14.2. The molecule has 0 heterocycles. The van der Waals surface area contributed by atoms with Gasteiger partial charge in [-0.25, -0.2) is 0 Å². The van der Waals surface area contributed by atoms with Gasteiger partial charge in [-0.15, -0.1) is 0 Å². The van der Waals surface area contributed by atoms with Crippen molar-refractivity contribution >= 4 is 0 Å². The molecule has 4 heteroatoms. The molecule has 0 amide bonds. The molecule has 0 spiro atoms. The Hall–Kier alpha value is -2.04. The van der Waals surface area contributed by atoms with Gasteiger partial charge < -0.3 is 20.6 Å². The van der Waals surface area contributed by atoms with E-state index in [9.17, 15) is 10.2 Å². The number of benzene rings is 2. The summed E-state index contributed by atoms with van der Waals surface area (Å²) in [4.78, 5) is 0. The molecule has 0 unspecified atom stereocenters. The standard InChI is InChI=1S/C11H17NO3.C8H10/c1-7(2)12-6-11(15)8-3-4-9(13)10(14)5-8;1-7-3-5-8(2)6-4-7/h3-5,7,11-15H,6H2,1-2H3;3-6H,1-2H3/t11-;/m1./s1. The maximum absolute atomic E-state index is 9.73. The first kappa shape index (κ1) is 19.0. The van der Waals surface area contributed by atoms with Gasteiger partial charge in [0.15, 0.2) is 11.5 Å². The monoisotopic (exact) mass is 317 g/mol. The number of phenols is 2. The van der Waals surface area contributed by atoms with Gasteiger partial charge in [0.2, 0.25) is 0 Å². The molecular weight excluding hydrogens is 290 g/mol. The molecule has 1 atom stereocenters. The van der Waals surface area contributed by atoms with Gasteiger partial charge in [0.1, 0.15) is 0 Å². The fraction of sp³-hybridized carbons (Fsp3) is 0.368. The molecule has 2 aromatic rings. The molecular formula is C19H27NO3. The molecule has 4 N–H and O–H groups in total. The van der Waals surface area contributed by atoms with Crippen LogP contribution in [-0.4, -0.2) is 27.9 Å². The van der Waals surface area contributed by atoms with Gasteiger partial charge in [-0.3, -0.25) is 0 Å². The van der Waals surface area contributed by atoms with Crippen LogP contribution in [0.3, 0.4) is 0 Å². The van der Waals surface area contributed by atoms with Crippen LogP contribution in [0.1, 0.15) is 36.6 Å². The fourth-order valence-electron chi connectivity index (χ4n) is 1.85. The summed E-state index contributed by atoms with van der Waals surface area (Å²) in [6.45, 7) is 8.59. The summed E-state index contributed by atoms with van der Waals surface area (Å²) in [7, 11) is 0. The maximum Gasteiger partial charge on any atom is 0.157 e. The molecule has 0 aromatic heterocycles. The van der Waals surface area contributed by atoms with Gasteiger partial charge in [0.05, 0.1) is 6.10 Å². The number of aromatic hydroxyl groups is 2. The van der Waals surface area contributed by atoms with Gasteiger partial charge in [-0.1, -0.05) is 55.3 Å². The zero-order chi connectivity index (χ0) is 17.4. The number of hydrogen-bond donors (Lipinski definition) is 4. The van der Waals surface area contributed by atoms with E-state index in [-0.39, 0.29) is 11.5 Å². The SMILES string of the molecule is CC(C)NC[C@@H](O)c1ccc(O)c(O)c1.Cc1ccc(C)cc1. The average molecular weight is 317 g/mol. The summed E-state index contributed by atoms with van der Waals surface area (Å²) in [6.07, 6.45) is -0.682. The minimum atomic E-state index is -0.682. The first-order chi connectivity index (χ1) is 10.8. The van der Waals surface area contributed by atoms with Gasteiger partial charge in [0.25, 0.3) is 0 Å². The van der Waals surface area contributed by atoms with Crippen molar-refractivity contribution in [3.05, 3.63) is 59.2 Å². The van der Waals surface area contributed by atoms with Crippen LogP contribution < -0.4 is 5.32 Å². The summed E-state index contributed by atoms with van der Waals surface area (Å²) < 4.78 is 0. The Bertz CT molecular complexity index is 573. The second-order valence-corrected chi connectivity index (χ2v) is 5.98. The normalized spacial score (nSPS) is 11.7. The molecule has 126 valence electrons. The largest absolute Gasteiger partial charge is 0.504 e. The Kier molecular flexibility index (Phi) is 7.59. The quantitative estimate of drug-likeness (QED) is 0.652. The van der Waals surface area contributed by atoms with Crippen LogP contribution >= 0.6 is 0 Å². The predicted octanol–water partition coefficient (Wildman–Crippen LogP) is 3.43. The highest BCUT2D eigenvalue weighted by Crippen LogP contribution is 2.27. The summed E-state index contributed by atoms with van der Waals surface area (Å²) in [5.41, 5.74) is 3.24. The first-order valence-corrected chi connectivity index (χ1v) is 7.76. The molecule has 0 radical (unpaired) electrons. The van der Waals surface area contributed by atoms with E-state index in [1.807, 2.05) is 13.8 Å². The van der Waals surface area contributed by atoms with Crippen molar-refractivity contribution in [1.29, 1.82) is 0 Å². The smallest absolute Gasteiger partial charge is 0.157 e. The number of aliphatic hydroxyl groups excluding tert-OH is 1. The topological polar surface area (TPSA) is 72.7 Å². The Morgan fingerprint density at radius 3 is 1.83 bits per heavy atom. The number of hydrogen-bond acceptors (Lipinski definition) is 4. The van der Waals surface area contributed by atoms with Crippen molar-refractivity contribution in [1.82, 2.24) is 5.32 Å². The number of nitrogens with one attached hydrogen (secondary N) is 1. The molecule has 0 saturated carbocycles. The molecule has 0 saturated heterocycles.